The molecule has 2 aromatic carbocycles. The molecule has 1 amide bonds. The maximum Gasteiger partial charge on any atom is 0.243 e. The van der Waals surface area contributed by atoms with E-state index < -0.39 is 0 Å². The zero-order valence-corrected chi connectivity index (χ0v) is 18.5. The minimum atomic E-state index is 0.136. The number of benzene rings is 2. The molecule has 1 heterocycles. The number of imidazole rings is 1. The van der Waals surface area contributed by atoms with Gasteiger partial charge in [-0.05, 0) is 50.5 Å². The predicted octanol–water partition coefficient (Wildman–Crippen LogP) is 5.71. The summed E-state index contributed by atoms with van der Waals surface area (Å²) in [4.78, 5) is 20.2. The minimum Gasteiger partial charge on any atom is -0.336 e. The summed E-state index contributed by atoms with van der Waals surface area (Å²) in [5.41, 5.74) is 2.90. The maximum atomic E-state index is 13.4. The number of fused-ring (bicyclic) bond motifs is 1. The number of aromatic nitrogens is 2. The lowest BCUT2D eigenvalue weighted by Crippen LogP contribution is -2.45. The van der Waals surface area contributed by atoms with Gasteiger partial charge in [-0.3, -0.25) is 4.79 Å². The highest BCUT2D eigenvalue weighted by atomic mass is 35.5. The zero-order valence-electron chi connectivity index (χ0n) is 17.7. The zero-order chi connectivity index (χ0) is 21.0. The lowest BCUT2D eigenvalue weighted by atomic mass is 10.1. The fourth-order valence-electron chi connectivity index (χ4n) is 3.79. The van der Waals surface area contributed by atoms with E-state index in [1.807, 2.05) is 53.4 Å². The highest BCUT2D eigenvalue weighted by molar-refractivity contribution is 6.31. The van der Waals surface area contributed by atoms with Gasteiger partial charge in [0, 0.05) is 23.5 Å². The first-order chi connectivity index (χ1) is 14.0. The van der Waals surface area contributed by atoms with Gasteiger partial charge in [0.25, 0.3) is 0 Å². The number of carbonyl (C=O) groups is 1. The fraction of sp³-hybridized carbons (Fsp3) is 0.417. The molecule has 0 spiro atoms. The molecular formula is C24H30ClN3O. The molecule has 0 aliphatic carbocycles. The van der Waals surface area contributed by atoms with Crippen LogP contribution in [0.2, 0.25) is 5.02 Å². The highest BCUT2D eigenvalue weighted by Gasteiger charge is 2.25. The lowest BCUT2D eigenvalue weighted by molar-refractivity contribution is -0.136. The molecule has 0 saturated carbocycles. The average molecular weight is 412 g/mol. The Labute approximate surface area is 178 Å². The van der Waals surface area contributed by atoms with Crippen LogP contribution in [0.5, 0.6) is 0 Å². The van der Waals surface area contributed by atoms with Crippen LogP contribution in [0.25, 0.3) is 11.0 Å². The second-order valence-electron chi connectivity index (χ2n) is 7.69. The van der Waals surface area contributed by atoms with Gasteiger partial charge in [0.15, 0.2) is 0 Å². The molecular weight excluding hydrogens is 382 g/mol. The van der Waals surface area contributed by atoms with Crippen LogP contribution in [-0.4, -0.2) is 32.4 Å². The maximum absolute atomic E-state index is 13.4. The van der Waals surface area contributed by atoms with Gasteiger partial charge in [0.1, 0.15) is 12.4 Å². The van der Waals surface area contributed by atoms with E-state index in [9.17, 15) is 4.79 Å². The largest absolute Gasteiger partial charge is 0.336 e. The number of para-hydroxylation sites is 2. The van der Waals surface area contributed by atoms with Crippen molar-refractivity contribution >= 4 is 28.5 Å². The summed E-state index contributed by atoms with van der Waals surface area (Å²) in [6.45, 7) is 8.79. The van der Waals surface area contributed by atoms with Crippen molar-refractivity contribution in [3.63, 3.8) is 0 Å². The van der Waals surface area contributed by atoms with Gasteiger partial charge in [0.2, 0.25) is 5.91 Å². The molecule has 0 bridgehead atoms. The predicted molar refractivity (Wildman–Crippen MR) is 120 cm³/mol. The molecule has 29 heavy (non-hydrogen) atoms. The number of hydrogen-bond donors (Lipinski definition) is 0. The van der Waals surface area contributed by atoms with E-state index >= 15 is 0 Å². The van der Waals surface area contributed by atoms with Crippen LogP contribution in [0.3, 0.4) is 0 Å². The molecule has 2 unspecified atom stereocenters. The summed E-state index contributed by atoms with van der Waals surface area (Å²) >= 11 is 6.39. The molecule has 0 N–H and O–H groups in total. The van der Waals surface area contributed by atoms with E-state index in [-0.39, 0.29) is 24.5 Å². The molecule has 3 aromatic rings. The molecule has 2 atom stereocenters. The van der Waals surface area contributed by atoms with Gasteiger partial charge < -0.3 is 9.47 Å². The van der Waals surface area contributed by atoms with Gasteiger partial charge in [-0.15, -0.1) is 0 Å². The van der Waals surface area contributed by atoms with Crippen LogP contribution in [0.4, 0.5) is 0 Å². The number of nitrogens with zero attached hydrogens (tertiary/aromatic N) is 3. The van der Waals surface area contributed by atoms with Gasteiger partial charge in [-0.2, -0.15) is 0 Å². The van der Waals surface area contributed by atoms with Gasteiger partial charge in [0.05, 0.1) is 11.0 Å². The molecule has 0 aliphatic heterocycles. The number of rotatable bonds is 8. The second-order valence-corrected chi connectivity index (χ2v) is 8.09. The third-order valence-corrected chi connectivity index (χ3v) is 6.12. The number of halogens is 1. The van der Waals surface area contributed by atoms with Gasteiger partial charge in [-0.25, -0.2) is 4.98 Å². The van der Waals surface area contributed by atoms with Crippen LogP contribution >= 0.6 is 11.6 Å². The van der Waals surface area contributed by atoms with Crippen molar-refractivity contribution in [2.45, 2.75) is 65.6 Å². The quantitative estimate of drug-likeness (QED) is 0.476. The van der Waals surface area contributed by atoms with E-state index in [2.05, 4.69) is 32.3 Å². The summed E-state index contributed by atoms with van der Waals surface area (Å²) < 4.78 is 2.05. The summed E-state index contributed by atoms with van der Waals surface area (Å²) in [6, 6.07) is 16.2. The molecule has 4 nitrogen and oxygen atoms in total. The Morgan fingerprint density at radius 2 is 1.66 bits per heavy atom. The van der Waals surface area contributed by atoms with Crippen LogP contribution < -0.4 is 0 Å². The van der Waals surface area contributed by atoms with E-state index in [0.29, 0.717) is 6.42 Å². The summed E-state index contributed by atoms with van der Waals surface area (Å²) in [5, 5.41) is 0.721. The third-order valence-electron chi connectivity index (χ3n) is 5.75. The second kappa shape index (κ2) is 9.45. The Morgan fingerprint density at radius 3 is 2.31 bits per heavy atom. The Hall–Kier alpha value is -2.33. The molecule has 0 saturated heterocycles. The number of carbonyl (C=O) groups excluding carboxylic acids is 1. The van der Waals surface area contributed by atoms with Gasteiger partial charge in [-0.1, -0.05) is 55.8 Å². The van der Waals surface area contributed by atoms with Crippen LogP contribution in [-0.2, 0) is 17.8 Å². The minimum absolute atomic E-state index is 0.136. The van der Waals surface area contributed by atoms with Crippen LogP contribution in [0.15, 0.2) is 48.5 Å². The van der Waals surface area contributed by atoms with Gasteiger partial charge >= 0.3 is 0 Å². The number of hydrogen-bond acceptors (Lipinski definition) is 2. The van der Waals surface area contributed by atoms with Crippen LogP contribution in [0, 0.1) is 0 Å². The van der Waals surface area contributed by atoms with Crippen molar-refractivity contribution in [3.8, 4) is 0 Å². The third kappa shape index (κ3) is 4.64. The van der Waals surface area contributed by atoms with Crippen molar-refractivity contribution in [2.24, 2.45) is 0 Å². The summed E-state index contributed by atoms with van der Waals surface area (Å²) in [6.07, 6.45) is 2.47. The first-order valence-corrected chi connectivity index (χ1v) is 10.8. The Morgan fingerprint density at radius 1 is 1.03 bits per heavy atom. The van der Waals surface area contributed by atoms with E-state index in [1.165, 1.54) is 0 Å². The molecule has 3 rings (SSSR count). The average Bonchev–Trinajstić information content (AvgIpc) is 3.06. The summed E-state index contributed by atoms with van der Waals surface area (Å²) in [5.74, 6) is 0.998. The monoisotopic (exact) mass is 411 g/mol. The van der Waals surface area contributed by atoms with E-state index in [0.717, 1.165) is 40.3 Å². The molecule has 1 aromatic heterocycles. The Kier molecular flexibility index (Phi) is 6.96. The first-order valence-electron chi connectivity index (χ1n) is 10.4. The number of amides is 1. The van der Waals surface area contributed by atoms with Crippen molar-refractivity contribution in [2.75, 3.05) is 0 Å². The van der Waals surface area contributed by atoms with Crippen molar-refractivity contribution in [3.05, 3.63) is 64.9 Å². The SMILES string of the molecule is CCC(C)N(C(=O)Cn1c(Cc2ccccc2Cl)nc2ccccc21)C(C)CC. The van der Waals surface area contributed by atoms with Crippen LogP contribution in [0.1, 0.15) is 51.9 Å². The molecule has 0 fully saturated rings. The van der Waals surface area contributed by atoms with Crippen molar-refractivity contribution in [1.82, 2.24) is 14.5 Å². The lowest BCUT2D eigenvalue weighted by Gasteiger charge is -2.34. The van der Waals surface area contributed by atoms with Crippen molar-refractivity contribution < 1.29 is 4.79 Å². The van der Waals surface area contributed by atoms with E-state index in [4.69, 9.17) is 16.6 Å². The molecule has 0 radical (unpaired) electrons. The topological polar surface area (TPSA) is 38.1 Å². The molecule has 5 heteroatoms. The molecule has 154 valence electrons. The molecule has 0 aliphatic rings. The Bertz CT molecular complexity index is 971. The van der Waals surface area contributed by atoms with Crippen molar-refractivity contribution in [1.29, 1.82) is 0 Å². The summed E-state index contributed by atoms with van der Waals surface area (Å²) in [7, 11) is 0. The standard InChI is InChI=1S/C24H30ClN3O/c1-5-17(3)28(18(4)6-2)24(29)16-27-22-14-10-9-13-21(22)26-23(27)15-19-11-7-8-12-20(19)25/h7-14,17-18H,5-6,15-16H2,1-4H3. The highest BCUT2D eigenvalue weighted by Crippen LogP contribution is 2.23. The fourth-order valence-corrected chi connectivity index (χ4v) is 3.99. The first kappa shape index (κ1) is 21.4. The normalized spacial score (nSPS) is 13.4. The smallest absolute Gasteiger partial charge is 0.243 e. The van der Waals surface area contributed by atoms with E-state index in [1.54, 1.807) is 0 Å². The Balaban J connectivity index is 1.99.